The van der Waals surface area contributed by atoms with Gasteiger partial charge in [0.1, 0.15) is 0 Å². The summed E-state index contributed by atoms with van der Waals surface area (Å²) in [7, 11) is 0. The zero-order chi connectivity index (χ0) is 11.7. The molecule has 2 N–H and O–H groups in total. The zero-order valence-electron chi connectivity index (χ0n) is 9.83. The van der Waals surface area contributed by atoms with Gasteiger partial charge in [-0.1, -0.05) is 5.16 Å². The average molecular weight is 287 g/mol. The van der Waals surface area contributed by atoms with Crippen LogP contribution in [0.4, 0.5) is 0 Å². The monoisotopic (exact) mass is 286 g/mol. The van der Waals surface area contributed by atoms with E-state index >= 15 is 0 Å². The second-order valence-corrected chi connectivity index (χ2v) is 5.43. The van der Waals surface area contributed by atoms with Gasteiger partial charge in [-0.05, 0) is 19.3 Å². The third-order valence-electron chi connectivity index (χ3n) is 3.20. The van der Waals surface area contributed by atoms with Gasteiger partial charge in [0.25, 0.3) is 0 Å². The van der Waals surface area contributed by atoms with Crippen LogP contribution >= 0.6 is 23.7 Å². The number of nitrogens with two attached hydrogens (primary N) is 1. The lowest BCUT2D eigenvalue weighted by atomic mass is 9.77. The first-order chi connectivity index (χ1) is 8.26. The second-order valence-electron chi connectivity index (χ2n) is 4.45. The minimum absolute atomic E-state index is 0. The van der Waals surface area contributed by atoms with Crippen molar-refractivity contribution >= 4 is 23.7 Å². The van der Waals surface area contributed by atoms with E-state index in [1.165, 1.54) is 0 Å². The number of aromatic nitrogens is 3. The van der Waals surface area contributed by atoms with Crippen LogP contribution < -0.4 is 5.73 Å². The Morgan fingerprint density at radius 2 is 2.22 bits per heavy atom. The van der Waals surface area contributed by atoms with E-state index in [0.29, 0.717) is 11.7 Å². The van der Waals surface area contributed by atoms with Crippen LogP contribution in [0.1, 0.15) is 36.0 Å². The minimum Gasteiger partial charge on any atom is -0.339 e. The molecule has 0 bridgehead atoms. The molecule has 0 spiro atoms. The average Bonchev–Trinajstić information content (AvgIpc) is 2.94. The Bertz CT molecular complexity index is 495. The van der Waals surface area contributed by atoms with Gasteiger partial charge >= 0.3 is 0 Å². The van der Waals surface area contributed by atoms with E-state index in [0.717, 1.165) is 37.1 Å². The first-order valence-electron chi connectivity index (χ1n) is 5.77. The Hall–Kier alpha value is -0.980. The summed E-state index contributed by atoms with van der Waals surface area (Å²) in [6.45, 7) is 0. The summed E-state index contributed by atoms with van der Waals surface area (Å²) in [6, 6.07) is 0. The van der Waals surface area contributed by atoms with Crippen molar-refractivity contribution in [1.29, 1.82) is 0 Å². The Morgan fingerprint density at radius 3 is 2.83 bits per heavy atom. The molecule has 0 aliphatic heterocycles. The van der Waals surface area contributed by atoms with Gasteiger partial charge in [-0.15, -0.1) is 23.7 Å². The van der Waals surface area contributed by atoms with Gasteiger partial charge in [-0.25, -0.2) is 4.98 Å². The molecule has 1 saturated carbocycles. The molecule has 1 aliphatic carbocycles. The first-order valence-corrected chi connectivity index (χ1v) is 6.65. The SMILES string of the molecule is Cl.NC1(c2noc(CCc3nccs3)n2)CCC1. The highest BCUT2D eigenvalue weighted by Gasteiger charge is 2.38. The van der Waals surface area contributed by atoms with Crippen LogP contribution in [0.5, 0.6) is 0 Å². The minimum atomic E-state index is -0.330. The summed E-state index contributed by atoms with van der Waals surface area (Å²) in [5.41, 5.74) is 5.80. The summed E-state index contributed by atoms with van der Waals surface area (Å²) >= 11 is 1.64. The van der Waals surface area contributed by atoms with Crippen LogP contribution in [0.3, 0.4) is 0 Å². The zero-order valence-corrected chi connectivity index (χ0v) is 11.5. The van der Waals surface area contributed by atoms with Crippen LogP contribution in [0.2, 0.25) is 0 Å². The summed E-state index contributed by atoms with van der Waals surface area (Å²) in [6.07, 6.45) is 6.45. The predicted molar refractivity (Wildman–Crippen MR) is 70.8 cm³/mol. The van der Waals surface area contributed by atoms with Gasteiger partial charge in [-0.3, -0.25) is 0 Å². The maximum absolute atomic E-state index is 6.13. The van der Waals surface area contributed by atoms with Gasteiger partial charge in [0.15, 0.2) is 5.82 Å². The summed E-state index contributed by atoms with van der Waals surface area (Å²) in [5, 5.41) is 7.05. The third kappa shape index (κ3) is 2.55. The Labute approximate surface area is 115 Å². The smallest absolute Gasteiger partial charge is 0.227 e. The molecule has 2 heterocycles. The van der Waals surface area contributed by atoms with Gasteiger partial charge in [-0.2, -0.15) is 4.98 Å². The highest BCUT2D eigenvalue weighted by Crippen LogP contribution is 2.36. The molecule has 0 unspecified atom stereocenters. The third-order valence-corrected chi connectivity index (χ3v) is 4.03. The maximum atomic E-state index is 6.13. The van der Waals surface area contributed by atoms with Crippen LogP contribution in [0, 0.1) is 0 Å². The van der Waals surface area contributed by atoms with E-state index in [2.05, 4.69) is 15.1 Å². The molecule has 1 aliphatic rings. The lowest BCUT2D eigenvalue weighted by Gasteiger charge is -2.34. The Balaban J connectivity index is 0.00000120. The fraction of sp³-hybridized carbons (Fsp3) is 0.545. The van der Waals surface area contributed by atoms with Crippen molar-refractivity contribution in [2.45, 2.75) is 37.6 Å². The van der Waals surface area contributed by atoms with Crippen molar-refractivity contribution in [2.75, 3.05) is 0 Å². The molecular formula is C11H15ClN4OS. The molecule has 0 radical (unpaired) electrons. The summed E-state index contributed by atoms with van der Waals surface area (Å²) in [5.74, 6) is 1.32. The molecule has 1 fully saturated rings. The Kier molecular flexibility index (Phi) is 3.99. The molecule has 5 nitrogen and oxygen atoms in total. The number of hydrogen-bond donors (Lipinski definition) is 1. The number of hydrogen-bond acceptors (Lipinski definition) is 6. The lowest BCUT2D eigenvalue weighted by molar-refractivity contribution is 0.229. The fourth-order valence-corrected chi connectivity index (χ4v) is 2.55. The van der Waals surface area contributed by atoms with Gasteiger partial charge in [0.2, 0.25) is 5.89 Å². The quantitative estimate of drug-likeness (QED) is 0.931. The molecule has 2 aromatic rings. The van der Waals surface area contributed by atoms with Crippen LogP contribution in [0.25, 0.3) is 0 Å². The van der Waals surface area contributed by atoms with Gasteiger partial charge in [0, 0.05) is 24.4 Å². The molecule has 0 aromatic carbocycles. The van der Waals surface area contributed by atoms with E-state index in [1.54, 1.807) is 11.3 Å². The molecule has 2 aromatic heterocycles. The highest BCUT2D eigenvalue weighted by atomic mass is 35.5. The number of nitrogens with zero attached hydrogens (tertiary/aromatic N) is 3. The Morgan fingerprint density at radius 1 is 1.39 bits per heavy atom. The molecule has 0 amide bonds. The number of rotatable bonds is 4. The molecule has 0 saturated heterocycles. The molecule has 0 atom stereocenters. The normalized spacial score (nSPS) is 16.9. The van der Waals surface area contributed by atoms with Crippen molar-refractivity contribution in [2.24, 2.45) is 5.73 Å². The largest absolute Gasteiger partial charge is 0.339 e. The van der Waals surface area contributed by atoms with Crippen molar-refractivity contribution in [3.8, 4) is 0 Å². The van der Waals surface area contributed by atoms with Crippen molar-refractivity contribution in [3.63, 3.8) is 0 Å². The summed E-state index contributed by atoms with van der Waals surface area (Å²) in [4.78, 5) is 8.60. The molecule has 98 valence electrons. The maximum Gasteiger partial charge on any atom is 0.227 e. The van der Waals surface area contributed by atoms with E-state index in [1.807, 2.05) is 11.6 Å². The second kappa shape index (κ2) is 5.34. The van der Waals surface area contributed by atoms with E-state index in [-0.39, 0.29) is 17.9 Å². The van der Waals surface area contributed by atoms with Crippen molar-refractivity contribution < 1.29 is 4.52 Å². The van der Waals surface area contributed by atoms with Crippen molar-refractivity contribution in [1.82, 2.24) is 15.1 Å². The topological polar surface area (TPSA) is 77.8 Å². The van der Waals surface area contributed by atoms with Gasteiger partial charge < -0.3 is 10.3 Å². The number of aryl methyl sites for hydroxylation is 2. The highest BCUT2D eigenvalue weighted by molar-refractivity contribution is 7.09. The molecule has 18 heavy (non-hydrogen) atoms. The molecular weight excluding hydrogens is 272 g/mol. The molecule has 7 heteroatoms. The van der Waals surface area contributed by atoms with Crippen LogP contribution in [0.15, 0.2) is 16.1 Å². The standard InChI is InChI=1S/C11H14N4OS.ClH/c12-11(4-1-5-11)10-14-8(16-15-10)2-3-9-13-6-7-17-9;/h6-7H,1-5,12H2;1H. The number of thiazole rings is 1. The van der Waals surface area contributed by atoms with E-state index in [9.17, 15) is 0 Å². The first kappa shape index (κ1) is 13.5. The van der Waals surface area contributed by atoms with Crippen LogP contribution in [-0.4, -0.2) is 15.1 Å². The van der Waals surface area contributed by atoms with Crippen LogP contribution in [-0.2, 0) is 18.4 Å². The fourth-order valence-electron chi connectivity index (χ4n) is 1.93. The van der Waals surface area contributed by atoms with E-state index < -0.39 is 0 Å². The van der Waals surface area contributed by atoms with Gasteiger partial charge in [0.05, 0.1) is 10.5 Å². The van der Waals surface area contributed by atoms with Crippen molar-refractivity contribution in [3.05, 3.63) is 28.3 Å². The summed E-state index contributed by atoms with van der Waals surface area (Å²) < 4.78 is 5.22. The van der Waals surface area contributed by atoms with E-state index in [4.69, 9.17) is 10.3 Å². The predicted octanol–water partition coefficient (Wildman–Crippen LogP) is 2.07. The number of halogens is 1. The molecule has 3 rings (SSSR count). The lowest BCUT2D eigenvalue weighted by Crippen LogP contribution is -2.44.